The van der Waals surface area contributed by atoms with Crippen molar-refractivity contribution in [1.82, 2.24) is 9.80 Å². The molecule has 0 saturated carbocycles. The average Bonchev–Trinajstić information content (AvgIpc) is 3.25. The summed E-state index contributed by atoms with van der Waals surface area (Å²) in [6.07, 6.45) is 0.538. The zero-order valence-corrected chi connectivity index (χ0v) is 20.4. The van der Waals surface area contributed by atoms with E-state index in [9.17, 15) is 13.6 Å². The highest BCUT2D eigenvalue weighted by Gasteiger charge is 2.35. The van der Waals surface area contributed by atoms with Crippen LogP contribution in [0.4, 0.5) is 14.5 Å². The molecule has 1 unspecified atom stereocenters. The number of benzene rings is 2. The lowest BCUT2D eigenvalue weighted by molar-refractivity contribution is 0.0664. The van der Waals surface area contributed by atoms with E-state index in [0.29, 0.717) is 30.6 Å². The van der Waals surface area contributed by atoms with Gasteiger partial charge in [0.1, 0.15) is 0 Å². The third-order valence-electron chi connectivity index (χ3n) is 6.55. The summed E-state index contributed by atoms with van der Waals surface area (Å²) in [5.74, 6) is -1.86. The Bertz CT molecular complexity index is 1060. The van der Waals surface area contributed by atoms with E-state index in [2.05, 4.69) is 32.7 Å². The van der Waals surface area contributed by atoms with Crippen molar-refractivity contribution < 1.29 is 18.3 Å². The maximum atomic E-state index is 14.5. The van der Waals surface area contributed by atoms with Gasteiger partial charge in [-0.15, -0.1) is 0 Å². The summed E-state index contributed by atoms with van der Waals surface area (Å²) >= 11 is 0. The third kappa shape index (κ3) is 4.78. The highest BCUT2D eigenvalue weighted by atomic mass is 19.1. The second-order valence-electron chi connectivity index (χ2n) is 10.0. The molecule has 1 saturated heterocycles. The SMILES string of the molecule is COc1c(F)cc(C2CC(C(C)(C)C)=NN2c2ccc(C(=O)N3CCN(C)CC3)cc2)cc1F. The van der Waals surface area contributed by atoms with E-state index >= 15 is 0 Å². The van der Waals surface area contributed by atoms with Crippen LogP contribution in [0.25, 0.3) is 0 Å². The van der Waals surface area contributed by atoms with Crippen LogP contribution in [0.2, 0.25) is 0 Å². The quantitative estimate of drug-likeness (QED) is 0.649. The number of amides is 1. The number of ether oxygens (including phenoxy) is 1. The van der Waals surface area contributed by atoms with Gasteiger partial charge in [-0.3, -0.25) is 9.80 Å². The number of carbonyl (C=O) groups is 1. The smallest absolute Gasteiger partial charge is 0.253 e. The molecule has 0 radical (unpaired) electrons. The summed E-state index contributed by atoms with van der Waals surface area (Å²) in [5, 5.41) is 6.63. The van der Waals surface area contributed by atoms with E-state index in [4.69, 9.17) is 9.84 Å². The molecule has 0 N–H and O–H groups in total. The van der Waals surface area contributed by atoms with E-state index in [1.54, 1.807) is 17.1 Å². The van der Waals surface area contributed by atoms with Gasteiger partial charge >= 0.3 is 0 Å². The molecule has 1 amide bonds. The molecule has 1 atom stereocenters. The van der Waals surface area contributed by atoms with Crippen LogP contribution in [0, 0.1) is 17.0 Å². The molecule has 182 valence electrons. The number of rotatable bonds is 4. The molecule has 0 aliphatic carbocycles. The van der Waals surface area contributed by atoms with Gasteiger partial charge in [0.15, 0.2) is 17.4 Å². The zero-order chi connectivity index (χ0) is 24.6. The molecule has 0 bridgehead atoms. The van der Waals surface area contributed by atoms with Crippen molar-refractivity contribution in [2.24, 2.45) is 10.5 Å². The first-order chi connectivity index (χ1) is 16.1. The highest BCUT2D eigenvalue weighted by molar-refractivity contribution is 5.95. The standard InChI is InChI=1S/C26H32F2N4O2/c1-26(2,3)23-16-22(18-14-20(27)24(34-5)21(28)15-18)32(29-23)19-8-6-17(7-9-19)25(33)31-12-10-30(4)11-13-31/h6-9,14-15,22H,10-13,16H2,1-5H3. The summed E-state index contributed by atoms with van der Waals surface area (Å²) in [6.45, 7) is 9.34. The van der Waals surface area contributed by atoms with Crippen LogP contribution in [0.15, 0.2) is 41.5 Å². The molecule has 0 aromatic heterocycles. The maximum absolute atomic E-state index is 14.5. The molecular formula is C26H32F2N4O2. The summed E-state index contributed by atoms with van der Waals surface area (Å²) in [4.78, 5) is 17.0. The summed E-state index contributed by atoms with van der Waals surface area (Å²) in [6, 6.07) is 9.55. The van der Waals surface area contributed by atoms with Crippen molar-refractivity contribution in [1.29, 1.82) is 0 Å². The number of hydrazone groups is 1. The van der Waals surface area contributed by atoms with Gasteiger partial charge in [-0.25, -0.2) is 8.78 Å². The highest BCUT2D eigenvalue weighted by Crippen LogP contribution is 2.40. The first-order valence-electron chi connectivity index (χ1n) is 11.6. The Balaban J connectivity index is 1.63. The molecule has 2 heterocycles. The monoisotopic (exact) mass is 470 g/mol. The molecule has 2 aliphatic heterocycles. The van der Waals surface area contributed by atoms with Gasteiger partial charge < -0.3 is 14.5 Å². The fourth-order valence-corrected chi connectivity index (χ4v) is 4.38. The van der Waals surface area contributed by atoms with Crippen molar-refractivity contribution >= 4 is 17.3 Å². The van der Waals surface area contributed by atoms with Crippen molar-refractivity contribution in [2.75, 3.05) is 45.3 Å². The second-order valence-corrected chi connectivity index (χ2v) is 10.0. The second kappa shape index (κ2) is 9.33. The Kier molecular flexibility index (Phi) is 6.62. The number of halogens is 2. The van der Waals surface area contributed by atoms with E-state index < -0.39 is 17.4 Å². The molecule has 8 heteroatoms. The minimum atomic E-state index is -0.741. The predicted molar refractivity (Wildman–Crippen MR) is 129 cm³/mol. The zero-order valence-electron chi connectivity index (χ0n) is 20.4. The van der Waals surface area contributed by atoms with E-state index in [-0.39, 0.29) is 17.4 Å². The largest absolute Gasteiger partial charge is 0.491 e. The Hall–Kier alpha value is -3.00. The van der Waals surface area contributed by atoms with Gasteiger partial charge in [0, 0.05) is 49.3 Å². The van der Waals surface area contributed by atoms with Crippen LogP contribution in [0.5, 0.6) is 5.75 Å². The summed E-state index contributed by atoms with van der Waals surface area (Å²) < 4.78 is 33.8. The fraction of sp³-hybridized carbons (Fsp3) is 0.462. The van der Waals surface area contributed by atoms with E-state index in [1.807, 2.05) is 17.0 Å². The van der Waals surface area contributed by atoms with Gasteiger partial charge in [-0.05, 0) is 49.0 Å². The molecule has 34 heavy (non-hydrogen) atoms. The molecule has 1 fully saturated rings. The first kappa shape index (κ1) is 24.1. The van der Waals surface area contributed by atoms with E-state index in [1.165, 1.54) is 19.2 Å². The molecule has 2 aromatic carbocycles. The first-order valence-corrected chi connectivity index (χ1v) is 11.6. The van der Waals surface area contributed by atoms with E-state index in [0.717, 1.165) is 24.5 Å². The number of hydrogen-bond donors (Lipinski definition) is 0. The third-order valence-corrected chi connectivity index (χ3v) is 6.55. The number of carbonyl (C=O) groups excluding carboxylic acids is 1. The Morgan fingerprint density at radius 1 is 1.03 bits per heavy atom. The molecule has 2 aromatic rings. The Morgan fingerprint density at radius 2 is 1.62 bits per heavy atom. The Morgan fingerprint density at radius 3 is 2.15 bits per heavy atom. The number of likely N-dealkylation sites (N-methyl/N-ethyl adjacent to an activating group) is 1. The van der Waals surface area contributed by atoms with Crippen LogP contribution < -0.4 is 9.75 Å². The van der Waals surface area contributed by atoms with Gasteiger partial charge in [-0.2, -0.15) is 5.10 Å². The number of hydrogen-bond acceptors (Lipinski definition) is 5. The molecule has 4 rings (SSSR count). The van der Waals surface area contributed by atoms with Gasteiger partial charge in [0.2, 0.25) is 0 Å². The molecule has 0 spiro atoms. The predicted octanol–water partition coefficient (Wildman–Crippen LogP) is 4.71. The van der Waals surface area contributed by atoms with Crippen molar-refractivity contribution in [3.05, 3.63) is 59.2 Å². The number of anilines is 1. The fourth-order valence-electron chi connectivity index (χ4n) is 4.38. The molecular weight excluding hydrogens is 438 g/mol. The van der Waals surface area contributed by atoms with Crippen LogP contribution in [-0.4, -0.2) is 61.8 Å². The van der Waals surface area contributed by atoms with Crippen LogP contribution >= 0.6 is 0 Å². The lowest BCUT2D eigenvalue weighted by Gasteiger charge is -2.32. The van der Waals surface area contributed by atoms with Gasteiger partial charge in [0.25, 0.3) is 5.91 Å². The van der Waals surface area contributed by atoms with Crippen LogP contribution in [0.3, 0.4) is 0 Å². The number of methoxy groups -OCH3 is 1. The number of piperazine rings is 1. The number of nitrogens with zero attached hydrogens (tertiary/aromatic N) is 4. The summed E-state index contributed by atoms with van der Waals surface area (Å²) in [5.41, 5.74) is 2.60. The van der Waals surface area contributed by atoms with Gasteiger partial charge in [0.05, 0.1) is 18.8 Å². The minimum Gasteiger partial charge on any atom is -0.491 e. The van der Waals surface area contributed by atoms with Crippen molar-refractivity contribution in [3.8, 4) is 5.75 Å². The Labute approximate surface area is 199 Å². The lowest BCUT2D eigenvalue weighted by atomic mass is 9.85. The van der Waals surface area contributed by atoms with Crippen molar-refractivity contribution in [2.45, 2.75) is 33.2 Å². The maximum Gasteiger partial charge on any atom is 0.253 e. The lowest BCUT2D eigenvalue weighted by Crippen LogP contribution is -2.47. The van der Waals surface area contributed by atoms with Crippen LogP contribution in [-0.2, 0) is 0 Å². The summed E-state index contributed by atoms with van der Waals surface area (Å²) in [7, 11) is 3.30. The topological polar surface area (TPSA) is 48.4 Å². The minimum absolute atomic E-state index is 0.0100. The van der Waals surface area contributed by atoms with Crippen molar-refractivity contribution in [3.63, 3.8) is 0 Å². The van der Waals surface area contributed by atoms with Gasteiger partial charge in [-0.1, -0.05) is 20.8 Å². The average molecular weight is 471 g/mol. The van der Waals surface area contributed by atoms with Crippen LogP contribution in [0.1, 0.15) is 49.2 Å². The molecule has 2 aliphatic rings. The normalized spacial score (nSPS) is 19.4. The molecule has 6 nitrogen and oxygen atoms in total.